The Bertz CT molecular complexity index is 443. The Kier molecular flexibility index (Phi) is 4.40. The molecule has 1 saturated carbocycles. The zero-order valence-electron chi connectivity index (χ0n) is 12.0. The number of aromatic nitrogens is 1. The minimum absolute atomic E-state index is 0.0612. The van der Waals surface area contributed by atoms with E-state index in [4.69, 9.17) is 0 Å². The number of carbonyl (C=O) groups excluding carboxylic acids is 1. The number of carbonyl (C=O) groups is 1. The Hall–Kier alpha value is -1.58. The molecule has 1 unspecified atom stereocenters. The molecule has 1 fully saturated rings. The van der Waals surface area contributed by atoms with Crippen LogP contribution in [0.25, 0.3) is 0 Å². The molecule has 4 heteroatoms. The molecule has 1 heterocycles. The van der Waals surface area contributed by atoms with Crippen molar-refractivity contribution in [1.29, 1.82) is 0 Å². The third kappa shape index (κ3) is 3.25. The van der Waals surface area contributed by atoms with Crippen LogP contribution in [0.5, 0.6) is 0 Å². The molecular formula is C15H23N3O. The van der Waals surface area contributed by atoms with Crippen LogP contribution in [0.2, 0.25) is 0 Å². The van der Waals surface area contributed by atoms with Crippen molar-refractivity contribution in [2.75, 3.05) is 18.9 Å². The highest BCUT2D eigenvalue weighted by Crippen LogP contribution is 2.35. The van der Waals surface area contributed by atoms with E-state index in [-0.39, 0.29) is 5.91 Å². The minimum atomic E-state index is 0.0612. The van der Waals surface area contributed by atoms with Gasteiger partial charge < -0.3 is 10.2 Å². The molecule has 0 spiro atoms. The highest BCUT2D eigenvalue weighted by Gasteiger charge is 2.33. The fourth-order valence-electron chi connectivity index (χ4n) is 2.25. The molecule has 1 aliphatic carbocycles. The van der Waals surface area contributed by atoms with Crippen LogP contribution < -0.4 is 5.32 Å². The molecule has 0 aromatic carbocycles. The Balaban J connectivity index is 2.12. The summed E-state index contributed by atoms with van der Waals surface area (Å²) in [7, 11) is 1.89. The average Bonchev–Trinajstić information content (AvgIpc) is 3.27. The van der Waals surface area contributed by atoms with Crippen molar-refractivity contribution in [3.8, 4) is 0 Å². The van der Waals surface area contributed by atoms with Gasteiger partial charge in [0.05, 0.1) is 11.3 Å². The van der Waals surface area contributed by atoms with Gasteiger partial charge in [0.1, 0.15) is 0 Å². The molecular weight excluding hydrogens is 238 g/mol. The van der Waals surface area contributed by atoms with Crippen LogP contribution in [0.15, 0.2) is 18.5 Å². The van der Waals surface area contributed by atoms with Crippen molar-refractivity contribution < 1.29 is 4.79 Å². The summed E-state index contributed by atoms with van der Waals surface area (Å²) in [6.07, 6.45) is 6.90. The number of rotatable bonds is 6. The van der Waals surface area contributed by atoms with Gasteiger partial charge in [-0.05, 0) is 38.2 Å². The first kappa shape index (κ1) is 13.8. The topological polar surface area (TPSA) is 45.2 Å². The van der Waals surface area contributed by atoms with Crippen LogP contribution in [0, 0.1) is 5.92 Å². The van der Waals surface area contributed by atoms with Crippen LogP contribution in [-0.4, -0.2) is 35.4 Å². The lowest BCUT2D eigenvalue weighted by Crippen LogP contribution is -2.36. The number of nitrogens with one attached hydrogen (secondary N) is 1. The molecule has 0 saturated heterocycles. The highest BCUT2D eigenvalue weighted by atomic mass is 16.2. The van der Waals surface area contributed by atoms with Crippen molar-refractivity contribution in [2.45, 2.75) is 39.2 Å². The second kappa shape index (κ2) is 6.04. The van der Waals surface area contributed by atoms with Crippen LogP contribution >= 0.6 is 0 Å². The Morgan fingerprint density at radius 2 is 2.32 bits per heavy atom. The van der Waals surface area contributed by atoms with E-state index in [1.54, 1.807) is 12.4 Å². The normalized spacial score (nSPS) is 15.9. The monoisotopic (exact) mass is 261 g/mol. The van der Waals surface area contributed by atoms with E-state index in [0.29, 0.717) is 17.5 Å². The van der Waals surface area contributed by atoms with Gasteiger partial charge in [-0.2, -0.15) is 0 Å². The lowest BCUT2D eigenvalue weighted by atomic mass is 10.1. The second-order valence-electron chi connectivity index (χ2n) is 5.34. The van der Waals surface area contributed by atoms with Crippen molar-refractivity contribution in [1.82, 2.24) is 9.88 Å². The molecule has 4 nitrogen and oxygen atoms in total. The molecule has 0 bridgehead atoms. The van der Waals surface area contributed by atoms with Crippen LogP contribution in [0.1, 0.15) is 43.5 Å². The standard InChI is InChI=1S/C15H23N3O/c1-4-8-17-14-7-9-16-10-13(14)15(19)18(3)11(2)12-5-6-12/h7,9-12H,4-6,8H2,1-3H3,(H,16,17). The SMILES string of the molecule is CCCNc1ccncc1C(=O)N(C)C(C)C1CC1. The maximum absolute atomic E-state index is 12.5. The molecule has 1 amide bonds. The zero-order valence-corrected chi connectivity index (χ0v) is 12.0. The quantitative estimate of drug-likeness (QED) is 0.856. The predicted molar refractivity (Wildman–Crippen MR) is 77.3 cm³/mol. The molecule has 104 valence electrons. The number of anilines is 1. The summed E-state index contributed by atoms with van der Waals surface area (Å²) in [4.78, 5) is 18.5. The summed E-state index contributed by atoms with van der Waals surface area (Å²) in [6, 6.07) is 2.19. The third-order valence-corrected chi connectivity index (χ3v) is 3.85. The summed E-state index contributed by atoms with van der Waals surface area (Å²) in [5.74, 6) is 0.740. The number of hydrogen-bond donors (Lipinski definition) is 1. The van der Waals surface area contributed by atoms with Gasteiger partial charge in [0.2, 0.25) is 0 Å². The van der Waals surface area contributed by atoms with Crippen LogP contribution in [-0.2, 0) is 0 Å². The minimum Gasteiger partial charge on any atom is -0.384 e. The van der Waals surface area contributed by atoms with Gasteiger partial charge in [-0.1, -0.05) is 6.92 Å². The van der Waals surface area contributed by atoms with E-state index in [0.717, 1.165) is 18.7 Å². The maximum Gasteiger partial charge on any atom is 0.257 e. The summed E-state index contributed by atoms with van der Waals surface area (Å²) >= 11 is 0. The van der Waals surface area contributed by atoms with Crippen molar-refractivity contribution in [2.24, 2.45) is 5.92 Å². The molecule has 19 heavy (non-hydrogen) atoms. The van der Waals surface area contributed by atoms with E-state index >= 15 is 0 Å². The average molecular weight is 261 g/mol. The lowest BCUT2D eigenvalue weighted by molar-refractivity contribution is 0.0728. The molecule has 1 N–H and O–H groups in total. The van der Waals surface area contributed by atoms with Gasteiger partial charge in [0.15, 0.2) is 0 Å². The molecule has 2 rings (SSSR count). The van der Waals surface area contributed by atoms with Crippen LogP contribution in [0.3, 0.4) is 0 Å². The first-order valence-electron chi connectivity index (χ1n) is 7.10. The molecule has 0 radical (unpaired) electrons. The summed E-state index contributed by atoms with van der Waals surface area (Å²) < 4.78 is 0. The highest BCUT2D eigenvalue weighted by molar-refractivity contribution is 5.99. The Morgan fingerprint density at radius 3 is 2.95 bits per heavy atom. The lowest BCUT2D eigenvalue weighted by Gasteiger charge is -2.25. The number of hydrogen-bond acceptors (Lipinski definition) is 3. The number of pyridine rings is 1. The first-order chi connectivity index (χ1) is 9.15. The summed E-state index contributed by atoms with van der Waals surface area (Å²) in [5.41, 5.74) is 1.56. The predicted octanol–water partition coefficient (Wildman–Crippen LogP) is 2.77. The summed E-state index contributed by atoms with van der Waals surface area (Å²) in [5, 5.41) is 3.29. The van der Waals surface area contributed by atoms with E-state index in [1.807, 2.05) is 18.0 Å². The Labute approximate surface area is 115 Å². The van der Waals surface area contributed by atoms with Gasteiger partial charge >= 0.3 is 0 Å². The van der Waals surface area contributed by atoms with E-state index < -0.39 is 0 Å². The molecule has 1 aromatic heterocycles. The van der Waals surface area contributed by atoms with Gasteiger partial charge in [-0.3, -0.25) is 9.78 Å². The van der Waals surface area contributed by atoms with Gasteiger partial charge in [0, 0.05) is 32.0 Å². The third-order valence-electron chi connectivity index (χ3n) is 3.85. The molecule has 1 atom stereocenters. The van der Waals surface area contributed by atoms with Crippen molar-refractivity contribution >= 4 is 11.6 Å². The fraction of sp³-hybridized carbons (Fsp3) is 0.600. The molecule has 1 aliphatic rings. The maximum atomic E-state index is 12.5. The van der Waals surface area contributed by atoms with Gasteiger partial charge in [-0.25, -0.2) is 0 Å². The summed E-state index contributed by atoms with van der Waals surface area (Å²) in [6.45, 7) is 5.11. The smallest absolute Gasteiger partial charge is 0.257 e. The van der Waals surface area contributed by atoms with E-state index in [9.17, 15) is 4.79 Å². The van der Waals surface area contributed by atoms with E-state index in [2.05, 4.69) is 24.1 Å². The zero-order chi connectivity index (χ0) is 13.8. The van der Waals surface area contributed by atoms with Crippen molar-refractivity contribution in [3.05, 3.63) is 24.0 Å². The number of nitrogens with zero attached hydrogens (tertiary/aromatic N) is 2. The van der Waals surface area contributed by atoms with Gasteiger partial charge in [-0.15, -0.1) is 0 Å². The van der Waals surface area contributed by atoms with E-state index in [1.165, 1.54) is 12.8 Å². The van der Waals surface area contributed by atoms with Crippen LogP contribution in [0.4, 0.5) is 5.69 Å². The van der Waals surface area contributed by atoms with Crippen molar-refractivity contribution in [3.63, 3.8) is 0 Å². The fourth-order valence-corrected chi connectivity index (χ4v) is 2.25. The molecule has 1 aromatic rings. The largest absolute Gasteiger partial charge is 0.384 e. The second-order valence-corrected chi connectivity index (χ2v) is 5.34. The molecule has 0 aliphatic heterocycles. The number of amides is 1. The Morgan fingerprint density at radius 1 is 1.58 bits per heavy atom. The van der Waals surface area contributed by atoms with Gasteiger partial charge in [0.25, 0.3) is 5.91 Å². The first-order valence-corrected chi connectivity index (χ1v) is 7.10.